The van der Waals surface area contributed by atoms with Crippen LogP contribution in [0.4, 0.5) is 0 Å². The molecule has 3 heteroatoms. The minimum Gasteiger partial charge on any atom is -0.315 e. The third-order valence-corrected chi connectivity index (χ3v) is 4.28. The topological polar surface area (TPSA) is 24.9 Å². The molecule has 0 amide bonds. The molecular weight excluding hydrogens is 240 g/mol. The van der Waals surface area contributed by atoms with Gasteiger partial charge in [-0.15, -0.1) is 11.3 Å². The molecule has 2 nitrogen and oxygen atoms in total. The molecule has 2 rings (SSSR count). The van der Waals surface area contributed by atoms with Crippen LogP contribution >= 0.6 is 11.3 Å². The van der Waals surface area contributed by atoms with E-state index in [2.05, 4.69) is 47.7 Å². The summed E-state index contributed by atoms with van der Waals surface area (Å²) in [7, 11) is 0. The van der Waals surface area contributed by atoms with Crippen LogP contribution in [0.15, 0.2) is 41.9 Å². The first kappa shape index (κ1) is 13.2. The summed E-state index contributed by atoms with van der Waals surface area (Å²) in [6.45, 7) is 6.55. The number of rotatable bonds is 6. The Bertz CT molecular complexity index is 449. The van der Waals surface area contributed by atoms with Crippen molar-refractivity contribution in [3.05, 3.63) is 52.5 Å². The van der Waals surface area contributed by atoms with Crippen LogP contribution in [0.3, 0.4) is 0 Å². The molecule has 0 radical (unpaired) electrons. The van der Waals surface area contributed by atoms with Crippen LogP contribution in [-0.2, 0) is 11.8 Å². The Labute approximate surface area is 113 Å². The number of nitrogens with zero attached hydrogens (tertiary/aromatic N) is 1. The zero-order valence-corrected chi connectivity index (χ0v) is 11.8. The summed E-state index contributed by atoms with van der Waals surface area (Å²) < 4.78 is 0. The van der Waals surface area contributed by atoms with Gasteiger partial charge in [0.25, 0.3) is 0 Å². The van der Waals surface area contributed by atoms with E-state index in [9.17, 15) is 0 Å². The molecule has 2 aromatic heterocycles. The average Bonchev–Trinajstić information content (AvgIpc) is 2.91. The van der Waals surface area contributed by atoms with Crippen LogP contribution in [0.25, 0.3) is 0 Å². The van der Waals surface area contributed by atoms with E-state index in [1.165, 1.54) is 4.88 Å². The number of hydrogen-bond donors (Lipinski definition) is 1. The molecule has 0 unspecified atom stereocenters. The van der Waals surface area contributed by atoms with Crippen molar-refractivity contribution in [3.8, 4) is 0 Å². The molecule has 0 saturated heterocycles. The Morgan fingerprint density at radius 2 is 2.11 bits per heavy atom. The number of aromatic nitrogens is 1. The van der Waals surface area contributed by atoms with Crippen LogP contribution in [-0.4, -0.2) is 18.1 Å². The SMILES string of the molecule is CC(C)(CNCCc1ccccn1)c1cccs1. The molecule has 0 aromatic carbocycles. The number of nitrogens with one attached hydrogen (secondary N) is 1. The van der Waals surface area contributed by atoms with E-state index in [0.717, 1.165) is 25.2 Å². The van der Waals surface area contributed by atoms with Gasteiger partial charge in [0.1, 0.15) is 0 Å². The van der Waals surface area contributed by atoms with Gasteiger partial charge in [0.15, 0.2) is 0 Å². The lowest BCUT2D eigenvalue weighted by molar-refractivity contribution is 0.478. The van der Waals surface area contributed by atoms with E-state index in [1.807, 2.05) is 29.7 Å². The van der Waals surface area contributed by atoms with Crippen molar-refractivity contribution >= 4 is 11.3 Å². The first-order chi connectivity index (χ1) is 8.68. The fourth-order valence-electron chi connectivity index (χ4n) is 1.91. The summed E-state index contributed by atoms with van der Waals surface area (Å²) in [5.74, 6) is 0. The number of hydrogen-bond acceptors (Lipinski definition) is 3. The maximum absolute atomic E-state index is 4.32. The highest BCUT2D eigenvalue weighted by atomic mass is 32.1. The van der Waals surface area contributed by atoms with Gasteiger partial charge >= 0.3 is 0 Å². The van der Waals surface area contributed by atoms with Crippen LogP contribution in [0.2, 0.25) is 0 Å². The van der Waals surface area contributed by atoms with Crippen LogP contribution in [0.5, 0.6) is 0 Å². The summed E-state index contributed by atoms with van der Waals surface area (Å²) in [6, 6.07) is 10.4. The van der Waals surface area contributed by atoms with Gasteiger partial charge in [-0.25, -0.2) is 0 Å². The second kappa shape index (κ2) is 6.12. The van der Waals surface area contributed by atoms with Gasteiger partial charge in [-0.1, -0.05) is 26.0 Å². The van der Waals surface area contributed by atoms with E-state index in [4.69, 9.17) is 0 Å². The molecule has 0 bridgehead atoms. The normalized spacial score (nSPS) is 11.7. The Morgan fingerprint density at radius 3 is 2.78 bits per heavy atom. The maximum Gasteiger partial charge on any atom is 0.0416 e. The first-order valence-corrected chi connectivity index (χ1v) is 7.21. The van der Waals surface area contributed by atoms with Gasteiger partial charge in [-0.05, 0) is 23.6 Å². The van der Waals surface area contributed by atoms with E-state index in [1.54, 1.807) is 0 Å². The lowest BCUT2D eigenvalue weighted by Crippen LogP contribution is -2.33. The molecule has 0 aliphatic rings. The Balaban J connectivity index is 1.76. The zero-order chi connectivity index (χ0) is 12.8. The minimum absolute atomic E-state index is 0.207. The largest absolute Gasteiger partial charge is 0.315 e. The van der Waals surface area contributed by atoms with Crippen LogP contribution < -0.4 is 5.32 Å². The van der Waals surface area contributed by atoms with Gasteiger partial charge in [0, 0.05) is 41.7 Å². The number of thiophene rings is 1. The summed E-state index contributed by atoms with van der Waals surface area (Å²) in [5.41, 5.74) is 1.36. The lowest BCUT2D eigenvalue weighted by Gasteiger charge is -2.23. The minimum atomic E-state index is 0.207. The van der Waals surface area contributed by atoms with Crippen molar-refractivity contribution in [1.82, 2.24) is 10.3 Å². The number of pyridine rings is 1. The fourth-order valence-corrected chi connectivity index (χ4v) is 2.77. The highest BCUT2D eigenvalue weighted by Gasteiger charge is 2.20. The summed E-state index contributed by atoms with van der Waals surface area (Å²) in [6.07, 6.45) is 2.84. The van der Waals surface area contributed by atoms with Crippen molar-refractivity contribution in [2.75, 3.05) is 13.1 Å². The predicted octanol–water partition coefficient (Wildman–Crippen LogP) is 3.25. The van der Waals surface area contributed by atoms with Gasteiger partial charge in [-0.2, -0.15) is 0 Å². The lowest BCUT2D eigenvalue weighted by atomic mass is 9.91. The summed E-state index contributed by atoms with van der Waals surface area (Å²) >= 11 is 1.83. The molecule has 1 N–H and O–H groups in total. The average molecular weight is 260 g/mol. The molecule has 18 heavy (non-hydrogen) atoms. The maximum atomic E-state index is 4.32. The van der Waals surface area contributed by atoms with Gasteiger partial charge in [0.05, 0.1) is 0 Å². The summed E-state index contributed by atoms with van der Waals surface area (Å²) in [5, 5.41) is 5.67. The van der Waals surface area contributed by atoms with Crippen molar-refractivity contribution in [2.24, 2.45) is 0 Å². The third-order valence-electron chi connectivity index (χ3n) is 3.04. The van der Waals surface area contributed by atoms with Gasteiger partial charge in [0.2, 0.25) is 0 Å². The Kier molecular flexibility index (Phi) is 4.50. The molecular formula is C15H20N2S. The summed E-state index contributed by atoms with van der Waals surface area (Å²) in [4.78, 5) is 5.76. The van der Waals surface area contributed by atoms with Crippen LogP contribution in [0.1, 0.15) is 24.4 Å². The molecule has 2 aromatic rings. The predicted molar refractivity (Wildman–Crippen MR) is 78.2 cm³/mol. The Morgan fingerprint density at radius 1 is 1.22 bits per heavy atom. The molecule has 2 heterocycles. The molecule has 0 aliphatic heterocycles. The van der Waals surface area contributed by atoms with E-state index >= 15 is 0 Å². The second-order valence-corrected chi connectivity index (χ2v) is 6.06. The second-order valence-electron chi connectivity index (χ2n) is 5.11. The molecule has 0 aliphatic carbocycles. The quantitative estimate of drug-likeness (QED) is 0.806. The monoisotopic (exact) mass is 260 g/mol. The van der Waals surface area contributed by atoms with Crippen molar-refractivity contribution in [2.45, 2.75) is 25.7 Å². The standard InChI is InChI=1S/C15H20N2S/c1-15(2,14-7-5-11-18-14)12-16-10-8-13-6-3-4-9-17-13/h3-7,9,11,16H,8,10,12H2,1-2H3. The molecule has 96 valence electrons. The Hall–Kier alpha value is -1.19. The van der Waals surface area contributed by atoms with Crippen molar-refractivity contribution in [3.63, 3.8) is 0 Å². The smallest absolute Gasteiger partial charge is 0.0416 e. The molecule has 0 saturated carbocycles. The van der Waals surface area contributed by atoms with Crippen molar-refractivity contribution in [1.29, 1.82) is 0 Å². The third kappa shape index (κ3) is 3.65. The molecule has 0 spiro atoms. The van der Waals surface area contributed by atoms with E-state index in [0.29, 0.717) is 0 Å². The van der Waals surface area contributed by atoms with E-state index < -0.39 is 0 Å². The zero-order valence-electron chi connectivity index (χ0n) is 11.0. The molecule has 0 atom stereocenters. The van der Waals surface area contributed by atoms with Gasteiger partial charge < -0.3 is 5.32 Å². The molecule has 0 fully saturated rings. The van der Waals surface area contributed by atoms with Crippen molar-refractivity contribution < 1.29 is 0 Å². The first-order valence-electron chi connectivity index (χ1n) is 6.33. The highest BCUT2D eigenvalue weighted by Crippen LogP contribution is 2.26. The van der Waals surface area contributed by atoms with Crippen LogP contribution in [0, 0.1) is 0 Å². The van der Waals surface area contributed by atoms with Gasteiger partial charge in [-0.3, -0.25) is 4.98 Å². The highest BCUT2D eigenvalue weighted by molar-refractivity contribution is 7.10. The fraction of sp³-hybridized carbons (Fsp3) is 0.400. The van der Waals surface area contributed by atoms with E-state index in [-0.39, 0.29) is 5.41 Å².